The highest BCUT2D eigenvalue weighted by Gasteiger charge is 2.20. The van der Waals surface area contributed by atoms with Gasteiger partial charge >= 0.3 is 12.0 Å². The van der Waals surface area contributed by atoms with Crippen LogP contribution in [0.1, 0.15) is 39.5 Å². The van der Waals surface area contributed by atoms with Crippen LogP contribution in [-0.4, -0.2) is 41.2 Å². The van der Waals surface area contributed by atoms with Crippen molar-refractivity contribution >= 4 is 23.8 Å². The summed E-state index contributed by atoms with van der Waals surface area (Å²) in [7, 11) is 0. The van der Waals surface area contributed by atoms with Gasteiger partial charge in [-0.25, -0.2) is 9.59 Å². The van der Waals surface area contributed by atoms with E-state index in [9.17, 15) is 9.59 Å². The average molecular weight is 276 g/mol. The van der Waals surface area contributed by atoms with Crippen LogP contribution in [-0.2, 0) is 4.79 Å². The summed E-state index contributed by atoms with van der Waals surface area (Å²) in [6.07, 6.45) is 5.10. The van der Waals surface area contributed by atoms with E-state index in [-0.39, 0.29) is 12.1 Å². The Labute approximate surface area is 113 Å². The fourth-order valence-corrected chi connectivity index (χ4v) is 2.08. The van der Waals surface area contributed by atoms with Crippen LogP contribution in [0.2, 0.25) is 0 Å². The highest BCUT2D eigenvalue weighted by atomic mass is 32.2. The number of urea groups is 1. The second-order valence-electron chi connectivity index (χ2n) is 4.18. The standard InChI is InChI=1S/C12H24N2O3S/c1-4-6-9(5-2)13-12(17)14-10(11(15)16)7-8-18-3/h9-10H,4-8H2,1-3H3,(H,15,16)(H2,13,14,17)/t9?,10-/m0/s1. The molecule has 0 heterocycles. The Kier molecular flexibility index (Phi) is 9.55. The minimum absolute atomic E-state index is 0.116. The van der Waals surface area contributed by atoms with Gasteiger partial charge in [-0.2, -0.15) is 11.8 Å². The lowest BCUT2D eigenvalue weighted by molar-refractivity contribution is -0.139. The van der Waals surface area contributed by atoms with Crippen LogP contribution in [0.3, 0.4) is 0 Å². The summed E-state index contributed by atoms with van der Waals surface area (Å²) in [6, 6.07) is -1.08. The molecule has 0 saturated heterocycles. The van der Waals surface area contributed by atoms with Gasteiger partial charge < -0.3 is 15.7 Å². The van der Waals surface area contributed by atoms with Crippen LogP contribution < -0.4 is 10.6 Å². The van der Waals surface area contributed by atoms with Gasteiger partial charge in [0.2, 0.25) is 0 Å². The highest BCUT2D eigenvalue weighted by molar-refractivity contribution is 7.98. The number of rotatable bonds is 9. The quantitative estimate of drug-likeness (QED) is 0.602. The largest absolute Gasteiger partial charge is 0.480 e. The predicted molar refractivity (Wildman–Crippen MR) is 75.1 cm³/mol. The number of carboxylic acid groups (broad SMARTS) is 1. The minimum atomic E-state index is -0.984. The Balaban J connectivity index is 4.19. The van der Waals surface area contributed by atoms with Gasteiger partial charge in [-0.05, 0) is 31.3 Å². The van der Waals surface area contributed by atoms with Gasteiger partial charge in [-0.1, -0.05) is 20.3 Å². The number of hydrogen-bond acceptors (Lipinski definition) is 3. The summed E-state index contributed by atoms with van der Waals surface area (Å²) < 4.78 is 0. The fraction of sp³-hybridized carbons (Fsp3) is 0.833. The van der Waals surface area contributed by atoms with Crippen molar-refractivity contribution in [1.29, 1.82) is 0 Å². The SMILES string of the molecule is CCCC(CC)NC(=O)N[C@@H](CCSC)C(=O)O. The van der Waals surface area contributed by atoms with Crippen LogP contribution in [0, 0.1) is 0 Å². The van der Waals surface area contributed by atoms with Gasteiger partial charge in [-0.3, -0.25) is 0 Å². The first-order valence-electron chi connectivity index (χ1n) is 6.33. The summed E-state index contributed by atoms with van der Waals surface area (Å²) in [5, 5.41) is 14.3. The van der Waals surface area contributed by atoms with Crippen LogP contribution in [0.15, 0.2) is 0 Å². The van der Waals surface area contributed by atoms with Crippen LogP contribution in [0.4, 0.5) is 4.79 Å². The van der Waals surface area contributed by atoms with E-state index in [1.807, 2.05) is 13.2 Å². The number of carbonyl (C=O) groups is 2. The lowest BCUT2D eigenvalue weighted by atomic mass is 10.1. The van der Waals surface area contributed by atoms with Crippen molar-refractivity contribution in [3.63, 3.8) is 0 Å². The van der Waals surface area contributed by atoms with Crippen molar-refractivity contribution in [1.82, 2.24) is 10.6 Å². The van der Waals surface area contributed by atoms with Crippen LogP contribution in [0.25, 0.3) is 0 Å². The van der Waals surface area contributed by atoms with Gasteiger partial charge in [0, 0.05) is 6.04 Å². The molecule has 0 aliphatic heterocycles. The normalized spacial score (nSPS) is 13.7. The van der Waals surface area contributed by atoms with E-state index in [1.165, 1.54) is 0 Å². The number of carboxylic acids is 1. The molecular formula is C12H24N2O3S. The molecule has 0 aromatic carbocycles. The van der Waals surface area contributed by atoms with Gasteiger partial charge in [0.1, 0.15) is 6.04 Å². The molecule has 3 N–H and O–H groups in total. The van der Waals surface area contributed by atoms with Crippen LogP contribution >= 0.6 is 11.8 Å². The van der Waals surface area contributed by atoms with Crippen molar-refractivity contribution in [2.45, 2.75) is 51.6 Å². The van der Waals surface area contributed by atoms with Gasteiger partial charge in [0.15, 0.2) is 0 Å². The van der Waals surface area contributed by atoms with Crippen molar-refractivity contribution in [3.05, 3.63) is 0 Å². The molecule has 5 nitrogen and oxygen atoms in total. The zero-order valence-corrected chi connectivity index (χ0v) is 12.2. The average Bonchev–Trinajstić information content (AvgIpc) is 2.33. The molecule has 6 heteroatoms. The summed E-state index contributed by atoms with van der Waals surface area (Å²) >= 11 is 1.57. The van der Waals surface area contributed by atoms with E-state index in [0.29, 0.717) is 12.2 Å². The molecule has 0 spiro atoms. The third-order valence-electron chi connectivity index (χ3n) is 2.68. The molecule has 2 atom stereocenters. The first-order chi connectivity index (χ1) is 8.54. The van der Waals surface area contributed by atoms with Gasteiger partial charge in [0.25, 0.3) is 0 Å². The molecule has 18 heavy (non-hydrogen) atoms. The predicted octanol–water partition coefficient (Wildman–Crippen LogP) is 2.07. The number of amides is 2. The summed E-state index contributed by atoms with van der Waals surface area (Å²) in [6.45, 7) is 4.06. The molecule has 2 amide bonds. The Hall–Kier alpha value is -0.910. The molecule has 0 rings (SSSR count). The van der Waals surface area contributed by atoms with E-state index in [2.05, 4.69) is 17.6 Å². The maximum absolute atomic E-state index is 11.7. The summed E-state index contributed by atoms with van der Waals surface area (Å²) in [4.78, 5) is 22.6. The van der Waals surface area contributed by atoms with E-state index in [4.69, 9.17) is 5.11 Å². The van der Waals surface area contributed by atoms with E-state index in [0.717, 1.165) is 19.3 Å². The van der Waals surface area contributed by atoms with E-state index < -0.39 is 12.0 Å². The first kappa shape index (κ1) is 17.1. The lowest BCUT2D eigenvalue weighted by Crippen LogP contribution is -2.49. The van der Waals surface area contributed by atoms with Gasteiger partial charge in [-0.15, -0.1) is 0 Å². The summed E-state index contributed by atoms with van der Waals surface area (Å²) in [5.74, 6) is -0.272. The summed E-state index contributed by atoms with van der Waals surface area (Å²) in [5.41, 5.74) is 0. The number of carbonyl (C=O) groups excluding carboxylic acids is 1. The van der Waals surface area contributed by atoms with E-state index in [1.54, 1.807) is 11.8 Å². The van der Waals surface area contributed by atoms with Gasteiger partial charge in [0.05, 0.1) is 0 Å². The Bertz CT molecular complexity index is 262. The molecule has 0 aromatic rings. The smallest absolute Gasteiger partial charge is 0.326 e. The second-order valence-corrected chi connectivity index (χ2v) is 5.17. The topological polar surface area (TPSA) is 78.4 Å². The molecule has 106 valence electrons. The molecule has 1 unspecified atom stereocenters. The molecule has 0 aromatic heterocycles. The molecule has 0 fully saturated rings. The van der Waals surface area contributed by atoms with Crippen LogP contribution in [0.5, 0.6) is 0 Å². The van der Waals surface area contributed by atoms with Crippen molar-refractivity contribution < 1.29 is 14.7 Å². The van der Waals surface area contributed by atoms with Crippen molar-refractivity contribution in [2.75, 3.05) is 12.0 Å². The molecule has 0 aliphatic carbocycles. The maximum Gasteiger partial charge on any atom is 0.326 e. The maximum atomic E-state index is 11.7. The second kappa shape index (κ2) is 10.1. The minimum Gasteiger partial charge on any atom is -0.480 e. The number of hydrogen-bond donors (Lipinski definition) is 3. The third kappa shape index (κ3) is 7.42. The van der Waals surface area contributed by atoms with Crippen molar-refractivity contribution in [3.8, 4) is 0 Å². The highest BCUT2D eigenvalue weighted by Crippen LogP contribution is 2.03. The molecule has 0 radical (unpaired) electrons. The van der Waals surface area contributed by atoms with Crippen molar-refractivity contribution in [2.24, 2.45) is 0 Å². The monoisotopic (exact) mass is 276 g/mol. The number of thioether (sulfide) groups is 1. The Morgan fingerprint density at radius 3 is 2.33 bits per heavy atom. The molecule has 0 aliphatic rings. The fourth-order valence-electron chi connectivity index (χ4n) is 1.61. The molecular weight excluding hydrogens is 252 g/mol. The third-order valence-corrected chi connectivity index (χ3v) is 3.32. The molecule has 0 saturated carbocycles. The van der Waals surface area contributed by atoms with E-state index >= 15 is 0 Å². The number of nitrogens with one attached hydrogen (secondary N) is 2. The zero-order chi connectivity index (χ0) is 14.0. The first-order valence-corrected chi connectivity index (χ1v) is 7.73. The molecule has 0 bridgehead atoms. The Morgan fingerprint density at radius 1 is 1.22 bits per heavy atom. The number of aliphatic carboxylic acids is 1. The zero-order valence-electron chi connectivity index (χ0n) is 11.4. The lowest BCUT2D eigenvalue weighted by Gasteiger charge is -2.19. The Morgan fingerprint density at radius 2 is 1.89 bits per heavy atom.